The summed E-state index contributed by atoms with van der Waals surface area (Å²) in [5, 5.41) is 0. The Bertz CT molecular complexity index is 712. The molecule has 0 N–H and O–H groups in total. The first-order chi connectivity index (χ1) is 12.1. The third-order valence-electron chi connectivity index (χ3n) is 4.70. The van der Waals surface area contributed by atoms with E-state index in [9.17, 15) is 4.39 Å². The van der Waals surface area contributed by atoms with Crippen LogP contribution in [0.25, 0.3) is 0 Å². The van der Waals surface area contributed by atoms with Crippen molar-refractivity contribution in [2.75, 3.05) is 38.2 Å². The topological polar surface area (TPSA) is 28.6 Å². The Labute approximate surface area is 149 Å². The Morgan fingerprint density at radius 2 is 1.80 bits per heavy atom. The monoisotopic (exact) mass is 343 g/mol. The van der Waals surface area contributed by atoms with Gasteiger partial charge in [0, 0.05) is 44.0 Å². The molecule has 0 spiro atoms. The Hall–Kier alpha value is -2.14. The van der Waals surface area contributed by atoms with Crippen molar-refractivity contribution in [1.29, 1.82) is 0 Å². The van der Waals surface area contributed by atoms with Gasteiger partial charge in [0.1, 0.15) is 5.82 Å². The lowest BCUT2D eigenvalue weighted by Crippen LogP contribution is -2.46. The zero-order chi connectivity index (χ0) is 17.8. The van der Waals surface area contributed by atoms with Crippen molar-refractivity contribution in [3.05, 3.63) is 53.5 Å². The predicted molar refractivity (Wildman–Crippen MR) is 98.8 cm³/mol. The summed E-state index contributed by atoms with van der Waals surface area (Å²) in [6, 6.07) is 11.6. The van der Waals surface area contributed by atoms with E-state index in [0.29, 0.717) is 23.8 Å². The van der Waals surface area contributed by atoms with Gasteiger partial charge in [-0.1, -0.05) is 32.0 Å². The second kappa shape index (κ2) is 7.83. The molecule has 4 nitrogen and oxygen atoms in total. The molecule has 0 saturated carbocycles. The molecule has 1 aliphatic rings. The maximum absolute atomic E-state index is 14.3. The van der Waals surface area contributed by atoms with Crippen LogP contribution in [0.4, 0.5) is 10.2 Å². The Morgan fingerprint density at radius 1 is 1.08 bits per heavy atom. The first kappa shape index (κ1) is 17.7. The standard InChI is InChI=1S/C20H26FN3O/c1-15(2)17-7-5-9-19(22-17)24-12-10-23(11-13-24)14-16-6-4-8-18(25-3)20(16)21/h4-9,15H,10-14H2,1-3H3. The van der Waals surface area contributed by atoms with Crippen molar-refractivity contribution in [2.24, 2.45) is 0 Å². The van der Waals surface area contributed by atoms with Crippen LogP contribution in [-0.4, -0.2) is 43.2 Å². The van der Waals surface area contributed by atoms with Gasteiger partial charge in [-0.15, -0.1) is 0 Å². The summed E-state index contributed by atoms with van der Waals surface area (Å²) in [7, 11) is 1.50. The van der Waals surface area contributed by atoms with Crippen LogP contribution in [0.1, 0.15) is 31.0 Å². The molecular formula is C20H26FN3O. The molecule has 1 aromatic heterocycles. The van der Waals surface area contributed by atoms with E-state index in [1.54, 1.807) is 6.07 Å². The smallest absolute Gasteiger partial charge is 0.169 e. The van der Waals surface area contributed by atoms with Crippen LogP contribution in [0.5, 0.6) is 5.75 Å². The molecular weight excluding hydrogens is 317 g/mol. The van der Waals surface area contributed by atoms with Gasteiger partial charge in [0.25, 0.3) is 0 Å². The average molecular weight is 343 g/mol. The van der Waals surface area contributed by atoms with E-state index in [0.717, 1.165) is 37.7 Å². The number of ether oxygens (including phenoxy) is 1. The maximum atomic E-state index is 14.3. The van der Waals surface area contributed by atoms with Crippen molar-refractivity contribution < 1.29 is 9.13 Å². The van der Waals surface area contributed by atoms with Gasteiger partial charge >= 0.3 is 0 Å². The Balaban J connectivity index is 1.62. The molecule has 1 fully saturated rings. The maximum Gasteiger partial charge on any atom is 0.169 e. The van der Waals surface area contributed by atoms with Crippen molar-refractivity contribution in [3.63, 3.8) is 0 Å². The summed E-state index contributed by atoms with van der Waals surface area (Å²) in [5.41, 5.74) is 1.81. The number of hydrogen-bond acceptors (Lipinski definition) is 4. The molecule has 1 aliphatic heterocycles. The highest BCUT2D eigenvalue weighted by molar-refractivity contribution is 5.40. The fourth-order valence-electron chi connectivity index (χ4n) is 3.15. The molecule has 0 radical (unpaired) electrons. The number of aromatic nitrogens is 1. The molecule has 2 aromatic rings. The van der Waals surface area contributed by atoms with E-state index < -0.39 is 0 Å². The molecule has 1 saturated heterocycles. The fourth-order valence-corrected chi connectivity index (χ4v) is 3.15. The van der Waals surface area contributed by atoms with E-state index in [1.165, 1.54) is 7.11 Å². The van der Waals surface area contributed by atoms with Gasteiger partial charge in [-0.3, -0.25) is 4.90 Å². The second-order valence-electron chi connectivity index (χ2n) is 6.77. The minimum Gasteiger partial charge on any atom is -0.494 e. The number of benzene rings is 1. The van der Waals surface area contributed by atoms with Gasteiger partial charge < -0.3 is 9.64 Å². The molecule has 134 valence electrons. The summed E-state index contributed by atoms with van der Waals surface area (Å²) in [6.07, 6.45) is 0. The van der Waals surface area contributed by atoms with Crippen LogP contribution in [0, 0.1) is 5.82 Å². The first-order valence-corrected chi connectivity index (χ1v) is 8.84. The number of nitrogens with zero attached hydrogens (tertiary/aromatic N) is 3. The summed E-state index contributed by atoms with van der Waals surface area (Å²) >= 11 is 0. The number of halogens is 1. The van der Waals surface area contributed by atoms with Gasteiger partial charge in [-0.2, -0.15) is 0 Å². The molecule has 0 aliphatic carbocycles. The van der Waals surface area contributed by atoms with E-state index in [-0.39, 0.29) is 5.82 Å². The van der Waals surface area contributed by atoms with Crippen molar-refractivity contribution in [2.45, 2.75) is 26.3 Å². The zero-order valence-corrected chi connectivity index (χ0v) is 15.2. The van der Waals surface area contributed by atoms with Crippen LogP contribution >= 0.6 is 0 Å². The summed E-state index contributed by atoms with van der Waals surface area (Å²) < 4.78 is 19.4. The molecule has 2 heterocycles. The number of pyridine rings is 1. The number of anilines is 1. The van der Waals surface area contributed by atoms with E-state index in [4.69, 9.17) is 9.72 Å². The number of piperazine rings is 1. The van der Waals surface area contributed by atoms with Crippen LogP contribution in [0.2, 0.25) is 0 Å². The van der Waals surface area contributed by atoms with Crippen LogP contribution in [0.15, 0.2) is 36.4 Å². The highest BCUT2D eigenvalue weighted by Crippen LogP contribution is 2.23. The molecule has 3 rings (SSSR count). The lowest BCUT2D eigenvalue weighted by Gasteiger charge is -2.35. The number of rotatable bonds is 5. The largest absolute Gasteiger partial charge is 0.494 e. The zero-order valence-electron chi connectivity index (χ0n) is 15.2. The second-order valence-corrected chi connectivity index (χ2v) is 6.77. The van der Waals surface area contributed by atoms with E-state index in [2.05, 4.69) is 41.8 Å². The van der Waals surface area contributed by atoms with E-state index >= 15 is 0 Å². The summed E-state index contributed by atoms with van der Waals surface area (Å²) in [4.78, 5) is 9.36. The lowest BCUT2D eigenvalue weighted by molar-refractivity contribution is 0.245. The van der Waals surface area contributed by atoms with Crippen molar-refractivity contribution in [1.82, 2.24) is 9.88 Å². The van der Waals surface area contributed by atoms with Crippen LogP contribution in [0.3, 0.4) is 0 Å². The summed E-state index contributed by atoms with van der Waals surface area (Å²) in [6.45, 7) is 8.52. The third kappa shape index (κ3) is 4.10. The first-order valence-electron chi connectivity index (χ1n) is 8.84. The predicted octanol–water partition coefficient (Wildman–Crippen LogP) is 3.67. The highest BCUT2D eigenvalue weighted by atomic mass is 19.1. The molecule has 0 atom stereocenters. The van der Waals surface area contributed by atoms with Gasteiger partial charge in [0.2, 0.25) is 0 Å². The number of methoxy groups -OCH3 is 1. The van der Waals surface area contributed by atoms with Gasteiger partial charge in [0.05, 0.1) is 7.11 Å². The van der Waals surface area contributed by atoms with Crippen molar-refractivity contribution in [3.8, 4) is 5.75 Å². The molecule has 25 heavy (non-hydrogen) atoms. The minimum absolute atomic E-state index is 0.251. The SMILES string of the molecule is COc1cccc(CN2CCN(c3cccc(C(C)C)n3)CC2)c1F. The van der Waals surface area contributed by atoms with E-state index in [1.807, 2.05) is 12.1 Å². The molecule has 0 bridgehead atoms. The average Bonchev–Trinajstić information content (AvgIpc) is 2.64. The van der Waals surface area contributed by atoms with Gasteiger partial charge in [0.15, 0.2) is 11.6 Å². The molecule has 1 aromatic carbocycles. The fraction of sp³-hybridized carbons (Fsp3) is 0.450. The normalized spacial score (nSPS) is 15.6. The lowest BCUT2D eigenvalue weighted by atomic mass is 10.1. The quantitative estimate of drug-likeness (QED) is 0.828. The molecule has 5 heteroatoms. The number of hydrogen-bond donors (Lipinski definition) is 0. The third-order valence-corrected chi connectivity index (χ3v) is 4.70. The van der Waals surface area contributed by atoms with Crippen molar-refractivity contribution >= 4 is 5.82 Å². The van der Waals surface area contributed by atoms with Crippen LogP contribution < -0.4 is 9.64 Å². The van der Waals surface area contributed by atoms with Crippen LogP contribution in [-0.2, 0) is 6.54 Å². The minimum atomic E-state index is -0.251. The Morgan fingerprint density at radius 3 is 2.48 bits per heavy atom. The van der Waals surface area contributed by atoms with Gasteiger partial charge in [-0.05, 0) is 24.1 Å². The highest BCUT2D eigenvalue weighted by Gasteiger charge is 2.20. The Kier molecular flexibility index (Phi) is 5.53. The molecule has 0 amide bonds. The van der Waals surface area contributed by atoms with Gasteiger partial charge in [-0.25, -0.2) is 9.37 Å². The molecule has 0 unspecified atom stereocenters. The summed E-state index contributed by atoms with van der Waals surface area (Å²) in [5.74, 6) is 1.53.